The lowest BCUT2D eigenvalue weighted by atomic mass is 9.97. The molecule has 0 fully saturated rings. The van der Waals surface area contributed by atoms with Crippen LogP contribution in [0.4, 0.5) is 10.2 Å². The number of rotatable bonds is 7. The highest BCUT2D eigenvalue weighted by molar-refractivity contribution is 7.98. The number of nitrogens with zero attached hydrogens (tertiary/aromatic N) is 2. The van der Waals surface area contributed by atoms with E-state index in [0.717, 1.165) is 10.6 Å². The molecule has 140 valence electrons. The highest BCUT2D eigenvalue weighted by Gasteiger charge is 2.20. The number of ether oxygens (including phenoxy) is 2. The number of aromatic nitrogens is 2. The van der Waals surface area contributed by atoms with E-state index in [-0.39, 0.29) is 5.82 Å². The molecule has 0 saturated carbocycles. The van der Waals surface area contributed by atoms with Gasteiger partial charge in [0, 0.05) is 5.56 Å². The van der Waals surface area contributed by atoms with E-state index in [9.17, 15) is 4.39 Å². The molecule has 0 radical (unpaired) electrons. The molecule has 0 bridgehead atoms. The Labute approximate surface area is 161 Å². The summed E-state index contributed by atoms with van der Waals surface area (Å²) in [7, 11) is 3.17. The van der Waals surface area contributed by atoms with Crippen LogP contribution in [0.3, 0.4) is 0 Å². The Morgan fingerprint density at radius 2 is 1.85 bits per heavy atom. The standard InChI is InChI=1S/C20H20FN3O2S/c1-25-15-6-4-5-13(11-15)20(16-12-14(21)7-8-17(16)26-2)22-18-9-10-19(27-3)24-23-18/h4-12,20H,1-3H3,(H,22,23). The van der Waals surface area contributed by atoms with Crippen molar-refractivity contribution in [3.63, 3.8) is 0 Å². The fourth-order valence-corrected chi connectivity index (χ4v) is 3.07. The van der Waals surface area contributed by atoms with E-state index in [2.05, 4.69) is 15.5 Å². The van der Waals surface area contributed by atoms with Crippen LogP contribution in [0.15, 0.2) is 59.6 Å². The number of benzene rings is 2. The summed E-state index contributed by atoms with van der Waals surface area (Å²) < 4.78 is 24.8. The molecule has 27 heavy (non-hydrogen) atoms. The smallest absolute Gasteiger partial charge is 0.149 e. The average Bonchev–Trinajstić information content (AvgIpc) is 2.72. The average molecular weight is 385 g/mol. The molecule has 0 saturated heterocycles. The van der Waals surface area contributed by atoms with E-state index < -0.39 is 6.04 Å². The summed E-state index contributed by atoms with van der Waals surface area (Å²) in [6.07, 6.45) is 1.94. The molecule has 1 atom stereocenters. The van der Waals surface area contributed by atoms with Gasteiger partial charge in [-0.2, -0.15) is 0 Å². The number of halogens is 1. The van der Waals surface area contributed by atoms with Crippen molar-refractivity contribution in [1.29, 1.82) is 0 Å². The van der Waals surface area contributed by atoms with Crippen LogP contribution < -0.4 is 14.8 Å². The van der Waals surface area contributed by atoms with Gasteiger partial charge in [-0.25, -0.2) is 4.39 Å². The van der Waals surface area contributed by atoms with E-state index in [1.807, 2.05) is 42.7 Å². The van der Waals surface area contributed by atoms with Gasteiger partial charge in [0.1, 0.15) is 28.2 Å². The summed E-state index contributed by atoms with van der Waals surface area (Å²) in [4.78, 5) is 0. The minimum Gasteiger partial charge on any atom is -0.497 e. The molecule has 0 aliphatic heterocycles. The van der Waals surface area contributed by atoms with Gasteiger partial charge in [-0.3, -0.25) is 0 Å². The van der Waals surface area contributed by atoms with Crippen molar-refractivity contribution in [3.05, 3.63) is 71.5 Å². The second-order valence-electron chi connectivity index (χ2n) is 5.70. The van der Waals surface area contributed by atoms with Crippen molar-refractivity contribution in [2.75, 3.05) is 25.8 Å². The van der Waals surface area contributed by atoms with Gasteiger partial charge in [-0.05, 0) is 54.3 Å². The van der Waals surface area contributed by atoms with Crippen molar-refractivity contribution in [1.82, 2.24) is 10.2 Å². The van der Waals surface area contributed by atoms with Gasteiger partial charge in [0.25, 0.3) is 0 Å². The summed E-state index contributed by atoms with van der Waals surface area (Å²) in [5.41, 5.74) is 1.54. The number of thioether (sulfide) groups is 1. The molecule has 0 amide bonds. The van der Waals surface area contributed by atoms with E-state index >= 15 is 0 Å². The van der Waals surface area contributed by atoms with Crippen molar-refractivity contribution in [3.8, 4) is 11.5 Å². The lowest BCUT2D eigenvalue weighted by Gasteiger charge is -2.22. The van der Waals surface area contributed by atoms with Crippen LogP contribution in [0, 0.1) is 5.82 Å². The van der Waals surface area contributed by atoms with Gasteiger partial charge in [0.15, 0.2) is 0 Å². The zero-order valence-electron chi connectivity index (χ0n) is 15.3. The second-order valence-corrected chi connectivity index (χ2v) is 6.53. The Hall–Kier alpha value is -2.80. The van der Waals surface area contributed by atoms with E-state index in [4.69, 9.17) is 9.47 Å². The molecule has 0 aliphatic rings. The third kappa shape index (κ3) is 4.49. The first kappa shape index (κ1) is 19.0. The Morgan fingerprint density at radius 1 is 1.00 bits per heavy atom. The van der Waals surface area contributed by atoms with Crippen LogP contribution in [-0.2, 0) is 0 Å². The van der Waals surface area contributed by atoms with Crippen molar-refractivity contribution in [2.45, 2.75) is 11.1 Å². The van der Waals surface area contributed by atoms with Crippen molar-refractivity contribution >= 4 is 17.6 Å². The van der Waals surface area contributed by atoms with Crippen LogP contribution in [-0.4, -0.2) is 30.7 Å². The predicted octanol–water partition coefficient (Wildman–Crippen LogP) is 4.56. The second kappa shape index (κ2) is 8.73. The summed E-state index contributed by atoms with van der Waals surface area (Å²) in [5.74, 6) is 1.51. The summed E-state index contributed by atoms with van der Waals surface area (Å²) in [6, 6.07) is 15.3. The van der Waals surface area contributed by atoms with E-state index in [1.54, 1.807) is 20.3 Å². The maximum absolute atomic E-state index is 14.0. The minimum atomic E-state index is -0.403. The molecule has 3 aromatic rings. The monoisotopic (exact) mass is 385 g/mol. The first-order valence-corrected chi connectivity index (χ1v) is 9.48. The largest absolute Gasteiger partial charge is 0.497 e. The SMILES string of the molecule is COc1cccc(C(Nc2ccc(SC)nn2)c2cc(F)ccc2OC)c1. The molecule has 1 N–H and O–H groups in total. The van der Waals surface area contributed by atoms with Gasteiger partial charge in [-0.15, -0.1) is 22.0 Å². The minimum absolute atomic E-state index is 0.343. The number of nitrogens with one attached hydrogen (secondary N) is 1. The number of hydrogen-bond donors (Lipinski definition) is 1. The molecular weight excluding hydrogens is 365 g/mol. The Kier molecular flexibility index (Phi) is 6.13. The maximum Gasteiger partial charge on any atom is 0.149 e. The van der Waals surface area contributed by atoms with Crippen molar-refractivity contribution < 1.29 is 13.9 Å². The molecule has 0 spiro atoms. The van der Waals surface area contributed by atoms with Gasteiger partial charge < -0.3 is 14.8 Å². The zero-order chi connectivity index (χ0) is 19.2. The molecule has 3 rings (SSSR count). The normalized spacial score (nSPS) is 11.7. The lowest BCUT2D eigenvalue weighted by molar-refractivity contribution is 0.406. The Balaban J connectivity index is 2.06. The highest BCUT2D eigenvalue weighted by atomic mass is 32.2. The molecule has 7 heteroatoms. The lowest BCUT2D eigenvalue weighted by Crippen LogP contribution is -2.15. The van der Waals surface area contributed by atoms with Crippen LogP contribution >= 0.6 is 11.8 Å². The third-order valence-corrected chi connectivity index (χ3v) is 4.71. The molecule has 1 aromatic heterocycles. The maximum atomic E-state index is 14.0. The van der Waals surface area contributed by atoms with Gasteiger partial charge >= 0.3 is 0 Å². The van der Waals surface area contributed by atoms with Crippen molar-refractivity contribution in [2.24, 2.45) is 0 Å². The number of methoxy groups -OCH3 is 2. The third-order valence-electron chi connectivity index (χ3n) is 4.07. The van der Waals surface area contributed by atoms with Crippen LogP contribution in [0.1, 0.15) is 17.2 Å². The number of anilines is 1. The fourth-order valence-electron chi connectivity index (χ4n) is 2.75. The fraction of sp³-hybridized carbons (Fsp3) is 0.200. The highest BCUT2D eigenvalue weighted by Crippen LogP contribution is 2.34. The molecular formula is C20H20FN3O2S. The van der Waals surface area contributed by atoms with E-state index in [1.165, 1.54) is 23.9 Å². The Bertz CT molecular complexity index is 906. The predicted molar refractivity (Wildman–Crippen MR) is 105 cm³/mol. The zero-order valence-corrected chi connectivity index (χ0v) is 16.1. The summed E-state index contributed by atoms with van der Waals surface area (Å²) >= 11 is 1.51. The summed E-state index contributed by atoms with van der Waals surface area (Å²) in [6.45, 7) is 0. The first-order chi connectivity index (χ1) is 13.1. The van der Waals surface area contributed by atoms with Crippen LogP contribution in [0.25, 0.3) is 0 Å². The van der Waals surface area contributed by atoms with Gasteiger partial charge in [0.2, 0.25) is 0 Å². The summed E-state index contributed by atoms with van der Waals surface area (Å²) in [5, 5.41) is 12.5. The molecule has 1 unspecified atom stereocenters. The molecule has 2 aromatic carbocycles. The molecule has 5 nitrogen and oxygen atoms in total. The van der Waals surface area contributed by atoms with Gasteiger partial charge in [-0.1, -0.05) is 12.1 Å². The van der Waals surface area contributed by atoms with Crippen LogP contribution in [0.5, 0.6) is 11.5 Å². The van der Waals surface area contributed by atoms with E-state index in [0.29, 0.717) is 22.9 Å². The topological polar surface area (TPSA) is 56.3 Å². The van der Waals surface area contributed by atoms with Crippen LogP contribution in [0.2, 0.25) is 0 Å². The first-order valence-electron chi connectivity index (χ1n) is 8.26. The molecule has 0 aliphatic carbocycles. The quantitative estimate of drug-likeness (QED) is 0.602. The van der Waals surface area contributed by atoms with Gasteiger partial charge in [0.05, 0.1) is 20.3 Å². The Morgan fingerprint density at radius 3 is 2.52 bits per heavy atom. The number of hydrogen-bond acceptors (Lipinski definition) is 6. The molecule has 1 heterocycles.